The van der Waals surface area contributed by atoms with Crippen molar-refractivity contribution in [2.45, 2.75) is 12.5 Å². The molecule has 3 aromatic carbocycles. The van der Waals surface area contributed by atoms with Gasteiger partial charge in [0.05, 0.1) is 36.7 Å². The molecule has 0 saturated carbocycles. The molecular weight excluding hydrogens is 530 g/mol. The Morgan fingerprint density at radius 1 is 1.00 bits per heavy atom. The first-order chi connectivity index (χ1) is 17.2. The lowest BCUT2D eigenvalue weighted by atomic mass is 9.95. The number of phenolic OH excluding ortho intramolecular Hbond substituents is 1. The summed E-state index contributed by atoms with van der Waals surface area (Å²) in [6.45, 7) is 0. The Balaban J connectivity index is 1.85. The molecule has 1 atom stereocenters. The Kier molecular flexibility index (Phi) is 7.12. The number of aromatic hydroxyl groups is 1. The number of hydrogen-bond acceptors (Lipinski definition) is 7. The van der Waals surface area contributed by atoms with Crippen molar-refractivity contribution in [1.29, 1.82) is 0 Å². The van der Waals surface area contributed by atoms with E-state index < -0.39 is 23.7 Å². The lowest BCUT2D eigenvalue weighted by Crippen LogP contribution is -2.29. The number of halogens is 1. The van der Waals surface area contributed by atoms with Crippen LogP contribution in [-0.2, 0) is 25.5 Å². The summed E-state index contributed by atoms with van der Waals surface area (Å²) >= 11 is 3.37. The molecule has 0 aliphatic carbocycles. The van der Waals surface area contributed by atoms with E-state index in [-0.39, 0.29) is 23.5 Å². The molecule has 3 aromatic rings. The number of hydrogen-bond donors (Lipinski definition) is 2. The van der Waals surface area contributed by atoms with Gasteiger partial charge in [0.2, 0.25) is 0 Å². The highest BCUT2D eigenvalue weighted by molar-refractivity contribution is 9.10. The van der Waals surface area contributed by atoms with Crippen LogP contribution in [0.15, 0.2) is 76.8 Å². The number of esters is 1. The van der Waals surface area contributed by atoms with Crippen molar-refractivity contribution < 1.29 is 34.1 Å². The average Bonchev–Trinajstić information content (AvgIpc) is 3.14. The number of phenols is 1. The second-order valence-electron chi connectivity index (χ2n) is 8.03. The van der Waals surface area contributed by atoms with Gasteiger partial charge in [0.1, 0.15) is 17.3 Å². The van der Waals surface area contributed by atoms with Crippen molar-refractivity contribution in [2.75, 3.05) is 19.1 Å². The summed E-state index contributed by atoms with van der Waals surface area (Å²) in [5, 5.41) is 21.0. The van der Waals surface area contributed by atoms with Gasteiger partial charge in [-0.1, -0.05) is 24.3 Å². The number of Topliss-reactive ketones (excluding diaryl/α,β-unsaturated/α-hetero) is 1. The third kappa shape index (κ3) is 4.70. The van der Waals surface area contributed by atoms with Crippen molar-refractivity contribution >= 4 is 45.0 Å². The number of aliphatic hydroxyl groups is 1. The Morgan fingerprint density at radius 2 is 1.67 bits per heavy atom. The van der Waals surface area contributed by atoms with Gasteiger partial charge >= 0.3 is 5.97 Å². The van der Waals surface area contributed by atoms with Crippen molar-refractivity contribution in [3.63, 3.8) is 0 Å². The Labute approximate surface area is 215 Å². The number of anilines is 1. The number of amides is 1. The molecule has 4 rings (SSSR count). The molecule has 8 nitrogen and oxygen atoms in total. The zero-order chi connectivity index (χ0) is 26.0. The number of methoxy groups -OCH3 is 2. The molecule has 2 N–H and O–H groups in total. The van der Waals surface area contributed by atoms with Crippen LogP contribution in [0.1, 0.15) is 22.7 Å². The zero-order valence-corrected chi connectivity index (χ0v) is 21.0. The minimum Gasteiger partial charge on any atom is -0.508 e. The number of benzene rings is 3. The first kappa shape index (κ1) is 25.0. The molecule has 1 unspecified atom stereocenters. The predicted octanol–water partition coefficient (Wildman–Crippen LogP) is 4.51. The molecule has 0 aromatic heterocycles. The number of aliphatic hydroxyl groups excluding tert-OH is 1. The van der Waals surface area contributed by atoms with Crippen LogP contribution >= 0.6 is 15.9 Å². The summed E-state index contributed by atoms with van der Waals surface area (Å²) in [4.78, 5) is 39.4. The third-order valence-corrected chi connectivity index (χ3v) is 6.49. The number of carbonyl (C=O) groups excluding carboxylic acids is 3. The van der Waals surface area contributed by atoms with Crippen LogP contribution in [0.4, 0.5) is 5.69 Å². The molecule has 9 heteroatoms. The van der Waals surface area contributed by atoms with Gasteiger partial charge in [0.25, 0.3) is 11.7 Å². The fourth-order valence-electron chi connectivity index (χ4n) is 4.05. The van der Waals surface area contributed by atoms with Gasteiger partial charge in [0.15, 0.2) is 0 Å². The van der Waals surface area contributed by atoms with Crippen LogP contribution in [0.5, 0.6) is 11.5 Å². The maximum Gasteiger partial charge on any atom is 0.309 e. The minimum absolute atomic E-state index is 0.0157. The van der Waals surface area contributed by atoms with Gasteiger partial charge < -0.3 is 19.7 Å². The summed E-state index contributed by atoms with van der Waals surface area (Å²) in [6.07, 6.45) is 0.0589. The smallest absolute Gasteiger partial charge is 0.309 e. The average molecular weight is 552 g/mol. The number of carbonyl (C=O) groups is 3. The molecule has 0 bridgehead atoms. The van der Waals surface area contributed by atoms with E-state index in [0.29, 0.717) is 32.6 Å². The van der Waals surface area contributed by atoms with E-state index in [1.54, 1.807) is 54.6 Å². The summed E-state index contributed by atoms with van der Waals surface area (Å²) in [6, 6.07) is 16.5. The van der Waals surface area contributed by atoms with Crippen LogP contribution in [0, 0.1) is 0 Å². The van der Waals surface area contributed by atoms with Crippen molar-refractivity contribution in [2.24, 2.45) is 0 Å². The molecule has 184 valence electrons. The highest BCUT2D eigenvalue weighted by Gasteiger charge is 2.47. The number of nitrogens with zero attached hydrogens (tertiary/aromatic N) is 1. The minimum atomic E-state index is -0.960. The van der Waals surface area contributed by atoms with Crippen LogP contribution in [0.3, 0.4) is 0 Å². The van der Waals surface area contributed by atoms with E-state index in [9.17, 15) is 24.6 Å². The van der Waals surface area contributed by atoms with Crippen LogP contribution in [0.25, 0.3) is 5.76 Å². The maximum absolute atomic E-state index is 13.3. The normalized spacial score (nSPS) is 16.8. The number of rotatable bonds is 6. The van der Waals surface area contributed by atoms with E-state index >= 15 is 0 Å². The third-order valence-electron chi connectivity index (χ3n) is 5.87. The van der Waals surface area contributed by atoms with Gasteiger partial charge in [-0.3, -0.25) is 19.3 Å². The van der Waals surface area contributed by atoms with E-state index in [1.807, 2.05) is 0 Å². The van der Waals surface area contributed by atoms with E-state index in [0.717, 1.165) is 0 Å². The predicted molar refractivity (Wildman–Crippen MR) is 136 cm³/mol. The number of ether oxygens (including phenoxy) is 2. The first-order valence-corrected chi connectivity index (χ1v) is 11.6. The fraction of sp³-hybridized carbons (Fsp3) is 0.148. The van der Waals surface area contributed by atoms with E-state index in [4.69, 9.17) is 9.47 Å². The lowest BCUT2D eigenvalue weighted by molar-refractivity contribution is -0.139. The van der Waals surface area contributed by atoms with Crippen molar-refractivity contribution in [3.05, 3.63) is 93.5 Å². The van der Waals surface area contributed by atoms with Crippen LogP contribution in [0.2, 0.25) is 0 Å². The van der Waals surface area contributed by atoms with E-state index in [1.165, 1.54) is 31.3 Å². The van der Waals surface area contributed by atoms with E-state index in [2.05, 4.69) is 15.9 Å². The van der Waals surface area contributed by atoms with Crippen LogP contribution < -0.4 is 9.64 Å². The quantitative estimate of drug-likeness (QED) is 0.200. The summed E-state index contributed by atoms with van der Waals surface area (Å²) in [7, 11) is 2.81. The van der Waals surface area contributed by atoms with Gasteiger partial charge in [-0.25, -0.2) is 0 Å². The Bertz CT molecular complexity index is 1360. The lowest BCUT2D eigenvalue weighted by Gasteiger charge is -2.25. The Morgan fingerprint density at radius 3 is 2.25 bits per heavy atom. The highest BCUT2D eigenvalue weighted by Crippen LogP contribution is 2.43. The molecule has 0 radical (unpaired) electrons. The van der Waals surface area contributed by atoms with Gasteiger partial charge in [-0.2, -0.15) is 0 Å². The zero-order valence-electron chi connectivity index (χ0n) is 19.4. The van der Waals surface area contributed by atoms with Crippen molar-refractivity contribution in [3.8, 4) is 11.5 Å². The Hall–Kier alpha value is -4.11. The molecule has 1 aliphatic rings. The first-order valence-electron chi connectivity index (χ1n) is 10.8. The molecule has 1 amide bonds. The summed E-state index contributed by atoms with van der Waals surface area (Å²) < 4.78 is 10.5. The summed E-state index contributed by atoms with van der Waals surface area (Å²) in [5.74, 6) is -1.87. The molecule has 1 aliphatic heterocycles. The summed E-state index contributed by atoms with van der Waals surface area (Å²) in [5.41, 5.74) is 1.81. The largest absolute Gasteiger partial charge is 0.508 e. The van der Waals surface area contributed by atoms with Crippen molar-refractivity contribution in [1.82, 2.24) is 0 Å². The van der Waals surface area contributed by atoms with Crippen LogP contribution in [-0.4, -0.2) is 42.1 Å². The molecular formula is C27H22BrNO7. The second-order valence-corrected chi connectivity index (χ2v) is 8.88. The number of ketones is 1. The molecule has 36 heavy (non-hydrogen) atoms. The topological polar surface area (TPSA) is 113 Å². The monoisotopic (exact) mass is 551 g/mol. The maximum atomic E-state index is 13.3. The second kappa shape index (κ2) is 10.2. The molecule has 1 fully saturated rings. The standard InChI is InChI=1S/C27H22BrNO7/c1-35-21-12-7-17(14-20(21)28)25(32)23-24(16-5-10-19(30)11-6-16)29(27(34)26(23)33)18-8-3-15(4-9-18)13-22(31)36-2/h3-12,14,24,30,32H,13H2,1-2H3/b25-23-. The SMILES string of the molecule is COC(=O)Cc1ccc(N2C(=O)C(=O)/C(=C(\O)c3ccc(OC)c(Br)c3)C2c2ccc(O)cc2)cc1. The van der Waals surface area contributed by atoms with Gasteiger partial charge in [0, 0.05) is 11.3 Å². The van der Waals surface area contributed by atoms with Gasteiger partial charge in [-0.15, -0.1) is 0 Å². The highest BCUT2D eigenvalue weighted by atomic mass is 79.9. The molecule has 0 spiro atoms. The van der Waals surface area contributed by atoms with Gasteiger partial charge in [-0.05, 0) is 69.5 Å². The molecule has 1 heterocycles. The molecule has 1 saturated heterocycles. The fourth-order valence-corrected chi connectivity index (χ4v) is 4.59.